The number of carboxylic acid groups (broad SMARTS) is 1. The number of nitrogens with zero attached hydrogens (tertiary/aromatic N) is 2. The van der Waals surface area contributed by atoms with Crippen LogP contribution in [0.5, 0.6) is 0 Å². The Kier molecular flexibility index (Phi) is 4.34. The van der Waals surface area contributed by atoms with Crippen LogP contribution in [0.3, 0.4) is 0 Å². The van der Waals surface area contributed by atoms with E-state index < -0.39 is 5.97 Å². The third-order valence-corrected chi connectivity index (χ3v) is 3.81. The SMILES string of the molecule is Cc1ccc(CN2CCC(C(=O)O)CC2)cc1[N+](=O)[O-]. The molecule has 0 spiro atoms. The summed E-state index contributed by atoms with van der Waals surface area (Å²) in [5.41, 5.74) is 1.70. The Hall–Kier alpha value is -1.95. The number of benzene rings is 1. The molecule has 1 heterocycles. The number of aryl methyl sites for hydroxylation is 1. The van der Waals surface area contributed by atoms with Crippen LogP contribution in [0.15, 0.2) is 18.2 Å². The fraction of sp³-hybridized carbons (Fsp3) is 0.500. The summed E-state index contributed by atoms with van der Waals surface area (Å²) in [5, 5.41) is 19.9. The van der Waals surface area contributed by atoms with Crippen molar-refractivity contribution in [3.63, 3.8) is 0 Å². The molecule has 0 aromatic heterocycles. The number of piperidine rings is 1. The Bertz CT molecular complexity index is 522. The molecule has 6 nitrogen and oxygen atoms in total. The van der Waals surface area contributed by atoms with Crippen LogP contribution in [0.4, 0.5) is 5.69 Å². The fourth-order valence-corrected chi connectivity index (χ4v) is 2.55. The van der Waals surface area contributed by atoms with Gasteiger partial charge in [-0.05, 0) is 38.4 Å². The first-order chi connectivity index (χ1) is 9.47. The van der Waals surface area contributed by atoms with Gasteiger partial charge in [0.05, 0.1) is 10.8 Å². The molecule has 0 unspecified atom stereocenters. The van der Waals surface area contributed by atoms with Crippen molar-refractivity contribution in [1.29, 1.82) is 0 Å². The molecule has 1 aromatic carbocycles. The van der Waals surface area contributed by atoms with Crippen molar-refractivity contribution < 1.29 is 14.8 Å². The standard InChI is InChI=1S/C14H18N2O4/c1-10-2-3-11(8-13(10)16(19)20)9-15-6-4-12(5-7-15)14(17)18/h2-3,8,12H,4-7,9H2,1H3,(H,17,18). The molecule has 1 saturated heterocycles. The van der Waals surface area contributed by atoms with Crippen LogP contribution in [0.25, 0.3) is 0 Å². The second-order valence-corrected chi connectivity index (χ2v) is 5.27. The van der Waals surface area contributed by atoms with Crippen LogP contribution in [0, 0.1) is 23.0 Å². The summed E-state index contributed by atoms with van der Waals surface area (Å²) < 4.78 is 0. The van der Waals surface area contributed by atoms with Crippen molar-refractivity contribution in [1.82, 2.24) is 4.90 Å². The van der Waals surface area contributed by atoms with E-state index in [0.717, 1.165) is 18.7 Å². The predicted octanol–water partition coefficient (Wildman–Crippen LogP) is 2.20. The molecule has 1 aliphatic rings. The third kappa shape index (κ3) is 3.33. The first-order valence-corrected chi connectivity index (χ1v) is 6.66. The molecule has 1 N–H and O–H groups in total. The first-order valence-electron chi connectivity index (χ1n) is 6.66. The van der Waals surface area contributed by atoms with Gasteiger partial charge in [-0.1, -0.05) is 12.1 Å². The van der Waals surface area contributed by atoms with Crippen LogP contribution in [0.1, 0.15) is 24.0 Å². The molecule has 0 atom stereocenters. The van der Waals surface area contributed by atoms with Gasteiger partial charge in [-0.3, -0.25) is 19.8 Å². The van der Waals surface area contributed by atoms with Crippen molar-refractivity contribution in [3.05, 3.63) is 39.4 Å². The number of rotatable bonds is 4. The van der Waals surface area contributed by atoms with Crippen molar-refractivity contribution in [2.75, 3.05) is 13.1 Å². The van der Waals surface area contributed by atoms with Crippen molar-refractivity contribution in [2.24, 2.45) is 5.92 Å². The maximum absolute atomic E-state index is 10.9. The van der Waals surface area contributed by atoms with Gasteiger partial charge in [0.2, 0.25) is 0 Å². The lowest BCUT2D eigenvalue weighted by Crippen LogP contribution is -2.35. The second-order valence-electron chi connectivity index (χ2n) is 5.27. The van der Waals surface area contributed by atoms with Gasteiger partial charge in [0, 0.05) is 18.2 Å². The highest BCUT2D eigenvalue weighted by molar-refractivity contribution is 5.70. The molecule has 0 radical (unpaired) electrons. The zero-order valence-corrected chi connectivity index (χ0v) is 11.4. The first kappa shape index (κ1) is 14.5. The predicted molar refractivity (Wildman–Crippen MR) is 73.5 cm³/mol. The lowest BCUT2D eigenvalue weighted by molar-refractivity contribution is -0.385. The summed E-state index contributed by atoms with van der Waals surface area (Å²) in [7, 11) is 0. The van der Waals surface area contributed by atoms with Crippen molar-refractivity contribution in [3.8, 4) is 0 Å². The van der Waals surface area contributed by atoms with E-state index in [1.165, 1.54) is 0 Å². The third-order valence-electron chi connectivity index (χ3n) is 3.81. The molecule has 0 bridgehead atoms. The van der Waals surface area contributed by atoms with E-state index in [1.807, 2.05) is 6.07 Å². The van der Waals surface area contributed by atoms with Gasteiger partial charge in [-0.15, -0.1) is 0 Å². The molecule has 1 fully saturated rings. The second kappa shape index (κ2) is 6.00. The minimum absolute atomic E-state index is 0.142. The van der Waals surface area contributed by atoms with Crippen LogP contribution in [0.2, 0.25) is 0 Å². The fourth-order valence-electron chi connectivity index (χ4n) is 2.55. The maximum atomic E-state index is 10.9. The van der Waals surface area contributed by atoms with E-state index in [2.05, 4.69) is 4.90 Å². The number of hydrogen-bond donors (Lipinski definition) is 1. The number of hydrogen-bond acceptors (Lipinski definition) is 4. The number of carboxylic acids is 1. The summed E-state index contributed by atoms with van der Waals surface area (Å²) >= 11 is 0. The molecule has 0 aliphatic carbocycles. The summed E-state index contributed by atoms with van der Waals surface area (Å²) in [6.45, 7) is 3.80. The van der Waals surface area contributed by atoms with E-state index in [-0.39, 0.29) is 16.5 Å². The van der Waals surface area contributed by atoms with Gasteiger partial charge in [0.1, 0.15) is 0 Å². The van der Waals surface area contributed by atoms with Gasteiger partial charge in [-0.2, -0.15) is 0 Å². The van der Waals surface area contributed by atoms with Gasteiger partial charge in [0.15, 0.2) is 0 Å². The number of carbonyl (C=O) groups is 1. The molecule has 108 valence electrons. The van der Waals surface area contributed by atoms with E-state index in [0.29, 0.717) is 24.9 Å². The average molecular weight is 278 g/mol. The molecular formula is C14H18N2O4. The molecule has 1 aliphatic heterocycles. The zero-order chi connectivity index (χ0) is 14.7. The topological polar surface area (TPSA) is 83.7 Å². The van der Waals surface area contributed by atoms with Crippen LogP contribution in [-0.2, 0) is 11.3 Å². The Morgan fingerprint density at radius 3 is 2.65 bits per heavy atom. The smallest absolute Gasteiger partial charge is 0.306 e. The van der Waals surface area contributed by atoms with E-state index in [9.17, 15) is 14.9 Å². The largest absolute Gasteiger partial charge is 0.481 e. The minimum Gasteiger partial charge on any atom is -0.481 e. The van der Waals surface area contributed by atoms with Gasteiger partial charge in [0.25, 0.3) is 5.69 Å². The van der Waals surface area contributed by atoms with Crippen LogP contribution >= 0.6 is 0 Å². The highest BCUT2D eigenvalue weighted by Crippen LogP contribution is 2.23. The summed E-state index contributed by atoms with van der Waals surface area (Å²) in [4.78, 5) is 23.6. The Morgan fingerprint density at radius 1 is 1.45 bits per heavy atom. The highest BCUT2D eigenvalue weighted by atomic mass is 16.6. The average Bonchev–Trinajstić information content (AvgIpc) is 2.41. The van der Waals surface area contributed by atoms with Gasteiger partial charge >= 0.3 is 5.97 Å². The van der Waals surface area contributed by atoms with Crippen LogP contribution in [-0.4, -0.2) is 34.0 Å². The van der Waals surface area contributed by atoms with E-state index in [4.69, 9.17) is 5.11 Å². The lowest BCUT2D eigenvalue weighted by atomic mass is 9.96. The van der Waals surface area contributed by atoms with Crippen LogP contribution < -0.4 is 0 Å². The van der Waals surface area contributed by atoms with Gasteiger partial charge in [-0.25, -0.2) is 0 Å². The van der Waals surface area contributed by atoms with E-state index in [1.54, 1.807) is 19.1 Å². The number of nitro benzene ring substituents is 1. The molecule has 1 aromatic rings. The Labute approximate surface area is 117 Å². The van der Waals surface area contributed by atoms with Gasteiger partial charge < -0.3 is 5.11 Å². The summed E-state index contributed by atoms with van der Waals surface area (Å²) in [5.74, 6) is -0.978. The number of aliphatic carboxylic acids is 1. The van der Waals surface area contributed by atoms with Crippen molar-refractivity contribution in [2.45, 2.75) is 26.3 Å². The molecule has 0 saturated carbocycles. The Balaban J connectivity index is 1.99. The van der Waals surface area contributed by atoms with Crippen molar-refractivity contribution >= 4 is 11.7 Å². The molecular weight excluding hydrogens is 260 g/mol. The summed E-state index contributed by atoms with van der Waals surface area (Å²) in [6.07, 6.45) is 1.28. The molecule has 20 heavy (non-hydrogen) atoms. The summed E-state index contributed by atoms with van der Waals surface area (Å²) in [6, 6.07) is 5.27. The monoisotopic (exact) mass is 278 g/mol. The number of likely N-dealkylation sites (tertiary alicyclic amines) is 1. The quantitative estimate of drug-likeness (QED) is 0.674. The zero-order valence-electron chi connectivity index (χ0n) is 11.4. The molecule has 0 amide bonds. The molecule has 2 rings (SSSR count). The Morgan fingerprint density at radius 2 is 2.10 bits per heavy atom. The highest BCUT2D eigenvalue weighted by Gasteiger charge is 2.24. The normalized spacial score (nSPS) is 17.1. The molecule has 6 heteroatoms. The minimum atomic E-state index is -0.726. The maximum Gasteiger partial charge on any atom is 0.306 e. The number of nitro groups is 1. The van der Waals surface area contributed by atoms with E-state index >= 15 is 0 Å². The lowest BCUT2D eigenvalue weighted by Gasteiger charge is -2.29.